The summed E-state index contributed by atoms with van der Waals surface area (Å²) in [5.74, 6) is 0.703. The number of benzene rings is 1. The molecule has 2 amide bonds. The van der Waals surface area contributed by atoms with Crippen molar-refractivity contribution in [2.75, 3.05) is 24.2 Å². The summed E-state index contributed by atoms with van der Waals surface area (Å²) in [6.07, 6.45) is 0.295. The molecule has 132 valence electrons. The van der Waals surface area contributed by atoms with E-state index in [0.717, 1.165) is 23.6 Å². The summed E-state index contributed by atoms with van der Waals surface area (Å²) < 4.78 is 0. The van der Waals surface area contributed by atoms with E-state index in [0.29, 0.717) is 18.1 Å². The Morgan fingerprint density at radius 3 is 2.64 bits per heavy atom. The largest absolute Gasteiger partial charge is 0.332 e. The second-order valence-electron chi connectivity index (χ2n) is 6.21. The maximum absolute atomic E-state index is 12.1. The fourth-order valence-corrected chi connectivity index (χ4v) is 4.65. The van der Waals surface area contributed by atoms with Gasteiger partial charge in [0.1, 0.15) is 0 Å². The van der Waals surface area contributed by atoms with Crippen LogP contribution in [0.1, 0.15) is 23.1 Å². The van der Waals surface area contributed by atoms with Crippen molar-refractivity contribution in [3.8, 4) is 11.3 Å². The molecule has 1 aromatic heterocycles. The first-order valence-corrected chi connectivity index (χ1v) is 10.1. The van der Waals surface area contributed by atoms with E-state index in [4.69, 9.17) is 0 Å². The number of hydrogen-bond donors (Lipinski definition) is 1. The molecular formula is C18H21N3O2S2. The third-order valence-electron chi connectivity index (χ3n) is 4.14. The van der Waals surface area contributed by atoms with Gasteiger partial charge in [0.2, 0.25) is 5.91 Å². The van der Waals surface area contributed by atoms with Crippen molar-refractivity contribution in [3.63, 3.8) is 0 Å². The molecule has 0 aliphatic carbocycles. The number of rotatable bonds is 5. The van der Waals surface area contributed by atoms with E-state index in [1.165, 1.54) is 39.8 Å². The lowest BCUT2D eigenvalue weighted by Crippen LogP contribution is -2.27. The lowest BCUT2D eigenvalue weighted by Gasteiger charge is -2.13. The van der Waals surface area contributed by atoms with Crippen molar-refractivity contribution < 1.29 is 9.59 Å². The first-order valence-electron chi connectivity index (χ1n) is 8.19. The van der Waals surface area contributed by atoms with Crippen molar-refractivity contribution in [2.45, 2.75) is 27.2 Å². The van der Waals surface area contributed by atoms with Crippen LogP contribution in [0.3, 0.4) is 0 Å². The molecule has 0 atom stereocenters. The molecule has 0 spiro atoms. The SMILES string of the molecule is Cc1cc(C)c(-c2csc(NC(=O)CCN3CCSC3=O)n2)c(C)c1. The molecule has 1 aromatic carbocycles. The van der Waals surface area contributed by atoms with Gasteiger partial charge in [0.25, 0.3) is 5.24 Å². The van der Waals surface area contributed by atoms with Gasteiger partial charge < -0.3 is 10.2 Å². The van der Waals surface area contributed by atoms with E-state index >= 15 is 0 Å². The topological polar surface area (TPSA) is 62.3 Å². The number of carbonyl (C=O) groups is 2. The summed E-state index contributed by atoms with van der Waals surface area (Å²) >= 11 is 2.74. The summed E-state index contributed by atoms with van der Waals surface area (Å²) in [5.41, 5.74) is 5.62. The third-order valence-corrected chi connectivity index (χ3v) is 5.79. The molecule has 25 heavy (non-hydrogen) atoms. The van der Waals surface area contributed by atoms with Crippen molar-refractivity contribution in [1.29, 1.82) is 0 Å². The fourth-order valence-electron chi connectivity index (χ4n) is 3.08. The molecule has 0 bridgehead atoms. The van der Waals surface area contributed by atoms with Gasteiger partial charge in [0.15, 0.2) is 5.13 Å². The molecule has 0 saturated carbocycles. The Bertz CT molecular complexity index is 793. The molecule has 0 radical (unpaired) electrons. The summed E-state index contributed by atoms with van der Waals surface area (Å²) in [7, 11) is 0. The minimum absolute atomic E-state index is 0.0645. The van der Waals surface area contributed by atoms with Crippen molar-refractivity contribution in [3.05, 3.63) is 34.2 Å². The molecule has 1 N–H and O–H groups in total. The molecular weight excluding hydrogens is 354 g/mol. The van der Waals surface area contributed by atoms with Gasteiger partial charge in [0, 0.05) is 36.2 Å². The number of carbonyl (C=O) groups excluding carboxylic acids is 2. The summed E-state index contributed by atoms with van der Waals surface area (Å²) in [4.78, 5) is 29.9. The zero-order chi connectivity index (χ0) is 18.0. The highest BCUT2D eigenvalue weighted by atomic mass is 32.2. The number of hydrogen-bond acceptors (Lipinski definition) is 5. The summed E-state index contributed by atoms with van der Waals surface area (Å²) in [6, 6.07) is 4.29. The standard InChI is InChI=1S/C18H21N3O2S2/c1-11-8-12(2)16(13(3)9-11)14-10-25-17(19-14)20-15(22)4-5-21-6-7-24-18(21)23/h8-10H,4-7H2,1-3H3,(H,19,20,22). The van der Waals surface area contributed by atoms with Gasteiger partial charge in [-0.25, -0.2) is 4.98 Å². The summed E-state index contributed by atoms with van der Waals surface area (Å²) in [5, 5.41) is 5.48. The van der Waals surface area contributed by atoms with Gasteiger partial charge in [-0.1, -0.05) is 29.5 Å². The number of amides is 2. The van der Waals surface area contributed by atoms with E-state index in [9.17, 15) is 9.59 Å². The highest BCUT2D eigenvalue weighted by Crippen LogP contribution is 2.31. The van der Waals surface area contributed by atoms with Crippen LogP contribution in [0, 0.1) is 20.8 Å². The number of anilines is 1. The molecule has 1 aliphatic rings. The van der Waals surface area contributed by atoms with E-state index < -0.39 is 0 Å². The van der Waals surface area contributed by atoms with E-state index in [1.54, 1.807) is 4.90 Å². The number of nitrogens with zero attached hydrogens (tertiary/aromatic N) is 2. The second-order valence-corrected chi connectivity index (χ2v) is 8.12. The average molecular weight is 376 g/mol. The van der Waals surface area contributed by atoms with Gasteiger partial charge in [-0.05, 0) is 31.9 Å². The fraction of sp³-hybridized carbons (Fsp3) is 0.389. The first kappa shape index (κ1) is 17.9. The van der Waals surface area contributed by atoms with Crippen LogP contribution in [0.25, 0.3) is 11.3 Å². The lowest BCUT2D eigenvalue weighted by molar-refractivity contribution is -0.116. The van der Waals surface area contributed by atoms with Crippen LogP contribution in [0.4, 0.5) is 9.93 Å². The molecule has 1 saturated heterocycles. The van der Waals surface area contributed by atoms with Crippen LogP contribution >= 0.6 is 23.1 Å². The van der Waals surface area contributed by atoms with Gasteiger partial charge in [-0.2, -0.15) is 0 Å². The van der Waals surface area contributed by atoms with Crippen molar-refractivity contribution in [2.24, 2.45) is 0 Å². The van der Waals surface area contributed by atoms with Crippen molar-refractivity contribution in [1.82, 2.24) is 9.88 Å². The van der Waals surface area contributed by atoms with Crippen LogP contribution in [0.15, 0.2) is 17.5 Å². The Balaban J connectivity index is 1.64. The van der Waals surface area contributed by atoms with E-state index in [1.807, 2.05) is 5.38 Å². The minimum atomic E-state index is -0.108. The number of thioether (sulfide) groups is 1. The molecule has 3 rings (SSSR count). The van der Waals surface area contributed by atoms with Gasteiger partial charge >= 0.3 is 0 Å². The quantitative estimate of drug-likeness (QED) is 0.849. The van der Waals surface area contributed by atoms with E-state index in [-0.39, 0.29) is 11.1 Å². The van der Waals surface area contributed by atoms with Crippen LogP contribution < -0.4 is 5.32 Å². The molecule has 0 unspecified atom stereocenters. The number of aromatic nitrogens is 1. The molecule has 1 fully saturated rings. The normalized spacial score (nSPS) is 14.2. The number of thiazole rings is 1. The van der Waals surface area contributed by atoms with Crippen molar-refractivity contribution >= 4 is 39.4 Å². The Kier molecular flexibility index (Phi) is 5.44. The van der Waals surface area contributed by atoms with Gasteiger partial charge in [0.05, 0.1) is 5.69 Å². The Morgan fingerprint density at radius 1 is 1.28 bits per heavy atom. The lowest BCUT2D eigenvalue weighted by atomic mass is 9.98. The zero-order valence-corrected chi connectivity index (χ0v) is 16.2. The average Bonchev–Trinajstić information content (AvgIpc) is 3.13. The maximum atomic E-state index is 12.1. The third kappa shape index (κ3) is 4.22. The predicted molar refractivity (Wildman–Crippen MR) is 104 cm³/mol. The number of nitrogens with one attached hydrogen (secondary N) is 1. The molecule has 7 heteroatoms. The monoisotopic (exact) mass is 375 g/mol. The van der Waals surface area contributed by atoms with Gasteiger partial charge in [-0.3, -0.25) is 9.59 Å². The molecule has 1 aliphatic heterocycles. The van der Waals surface area contributed by atoms with E-state index in [2.05, 4.69) is 43.2 Å². The zero-order valence-electron chi connectivity index (χ0n) is 14.6. The Labute approximate surface area is 155 Å². The highest BCUT2D eigenvalue weighted by molar-refractivity contribution is 8.13. The maximum Gasteiger partial charge on any atom is 0.281 e. The molecule has 2 aromatic rings. The van der Waals surface area contributed by atoms with Gasteiger partial charge in [-0.15, -0.1) is 11.3 Å². The molecule has 2 heterocycles. The Morgan fingerprint density at radius 2 is 2.00 bits per heavy atom. The van der Waals surface area contributed by atoms with Crippen LogP contribution in [0.5, 0.6) is 0 Å². The minimum Gasteiger partial charge on any atom is -0.332 e. The smallest absolute Gasteiger partial charge is 0.281 e. The second kappa shape index (κ2) is 7.58. The van der Waals surface area contributed by atoms with Crippen LogP contribution in [0.2, 0.25) is 0 Å². The Hall–Kier alpha value is -1.86. The highest BCUT2D eigenvalue weighted by Gasteiger charge is 2.21. The van der Waals surface area contributed by atoms with Crippen LogP contribution in [-0.4, -0.2) is 39.9 Å². The molecule has 5 nitrogen and oxygen atoms in total. The summed E-state index contributed by atoms with van der Waals surface area (Å²) in [6.45, 7) is 7.44. The predicted octanol–water partition coefficient (Wildman–Crippen LogP) is 4.23. The van der Waals surface area contributed by atoms with Crippen LogP contribution in [-0.2, 0) is 4.79 Å². The first-order chi connectivity index (χ1) is 11.9. The number of aryl methyl sites for hydroxylation is 3.